The molecule has 1 N–H and O–H groups in total. The molecule has 0 unspecified atom stereocenters. The number of nitrogens with zero attached hydrogens (tertiary/aromatic N) is 1. The molecule has 0 aromatic carbocycles. The van der Waals surface area contributed by atoms with E-state index in [4.69, 9.17) is 16.3 Å². The van der Waals surface area contributed by atoms with Gasteiger partial charge in [0, 0.05) is 6.54 Å². The Labute approximate surface area is 115 Å². The van der Waals surface area contributed by atoms with Crippen molar-refractivity contribution < 1.29 is 14.3 Å². The van der Waals surface area contributed by atoms with Crippen molar-refractivity contribution in [2.75, 3.05) is 32.2 Å². The Bertz CT molecular complexity index is 434. The fourth-order valence-corrected chi connectivity index (χ4v) is 2.20. The molecule has 0 aliphatic heterocycles. The summed E-state index contributed by atoms with van der Waals surface area (Å²) in [5.41, 5.74) is 0.972. The molecule has 5 nitrogen and oxygen atoms in total. The van der Waals surface area contributed by atoms with Crippen LogP contribution in [0.15, 0.2) is 12.2 Å². The molecule has 1 heterocycles. The minimum Gasteiger partial charge on any atom is -0.465 e. The summed E-state index contributed by atoms with van der Waals surface area (Å²) >= 11 is 6.97. The number of carbonyl (C=O) groups excluding carboxylic acids is 1. The average Bonchev–Trinajstić information content (AvgIpc) is 2.69. The highest BCUT2D eigenvalue weighted by Gasteiger charge is 2.16. The van der Waals surface area contributed by atoms with Crippen LogP contribution in [0.1, 0.15) is 16.6 Å². The first-order chi connectivity index (χ1) is 8.54. The quantitative estimate of drug-likeness (QED) is 0.475. The molecule has 0 atom stereocenters. The number of carbonyl (C=O) groups is 1. The maximum absolute atomic E-state index is 11.3. The SMILES string of the molecule is C=C(C)COCCNc1nc(Cl)c(C(=O)OC)s1. The molecule has 0 bridgehead atoms. The highest BCUT2D eigenvalue weighted by Crippen LogP contribution is 2.27. The second-order valence-electron chi connectivity index (χ2n) is 3.57. The van der Waals surface area contributed by atoms with Crippen molar-refractivity contribution in [2.24, 2.45) is 0 Å². The van der Waals surface area contributed by atoms with E-state index in [1.54, 1.807) is 0 Å². The number of anilines is 1. The zero-order chi connectivity index (χ0) is 13.5. The number of hydrogen-bond acceptors (Lipinski definition) is 6. The van der Waals surface area contributed by atoms with Crippen LogP contribution in [-0.4, -0.2) is 37.8 Å². The van der Waals surface area contributed by atoms with Gasteiger partial charge in [0.05, 0.1) is 20.3 Å². The van der Waals surface area contributed by atoms with Crippen molar-refractivity contribution >= 4 is 34.0 Å². The molecule has 1 aromatic heterocycles. The van der Waals surface area contributed by atoms with E-state index in [2.05, 4.69) is 21.6 Å². The normalized spacial score (nSPS) is 10.2. The number of methoxy groups -OCH3 is 1. The predicted octanol–water partition coefficient (Wildman–Crippen LogP) is 2.59. The van der Waals surface area contributed by atoms with E-state index in [-0.39, 0.29) is 5.15 Å². The summed E-state index contributed by atoms with van der Waals surface area (Å²) in [6, 6.07) is 0. The molecule has 1 rings (SSSR count). The summed E-state index contributed by atoms with van der Waals surface area (Å²) in [5.74, 6) is -0.482. The third kappa shape index (κ3) is 4.64. The van der Waals surface area contributed by atoms with Crippen LogP contribution in [-0.2, 0) is 9.47 Å². The molecule has 100 valence electrons. The lowest BCUT2D eigenvalue weighted by molar-refractivity contribution is 0.0606. The average molecular weight is 291 g/mol. The molecule has 0 amide bonds. The van der Waals surface area contributed by atoms with Crippen LogP contribution in [0.3, 0.4) is 0 Å². The van der Waals surface area contributed by atoms with E-state index < -0.39 is 5.97 Å². The number of hydrogen-bond donors (Lipinski definition) is 1. The zero-order valence-electron chi connectivity index (χ0n) is 10.3. The van der Waals surface area contributed by atoms with Crippen LogP contribution < -0.4 is 5.32 Å². The van der Waals surface area contributed by atoms with E-state index in [0.717, 1.165) is 16.9 Å². The Morgan fingerprint density at radius 3 is 2.94 bits per heavy atom. The minimum atomic E-state index is -0.482. The highest BCUT2D eigenvalue weighted by atomic mass is 35.5. The van der Waals surface area contributed by atoms with Gasteiger partial charge in [-0.15, -0.1) is 0 Å². The molecule has 0 aliphatic rings. The van der Waals surface area contributed by atoms with Gasteiger partial charge in [0.1, 0.15) is 0 Å². The molecule has 7 heteroatoms. The summed E-state index contributed by atoms with van der Waals surface area (Å²) in [4.78, 5) is 15.6. The number of thiazole rings is 1. The Kier molecular flexibility index (Phi) is 6.11. The summed E-state index contributed by atoms with van der Waals surface area (Å²) in [6.07, 6.45) is 0. The third-order valence-electron chi connectivity index (χ3n) is 1.83. The van der Waals surface area contributed by atoms with Gasteiger partial charge in [0.25, 0.3) is 0 Å². The molecule has 0 saturated heterocycles. The molecular formula is C11H15ClN2O3S. The first kappa shape index (κ1) is 14.9. The first-order valence-corrected chi connectivity index (χ1v) is 6.44. The van der Waals surface area contributed by atoms with Crippen molar-refractivity contribution in [3.63, 3.8) is 0 Å². The van der Waals surface area contributed by atoms with E-state index in [0.29, 0.717) is 29.8 Å². The van der Waals surface area contributed by atoms with Gasteiger partial charge in [-0.25, -0.2) is 9.78 Å². The van der Waals surface area contributed by atoms with Gasteiger partial charge in [0.15, 0.2) is 15.2 Å². The number of esters is 1. The Hall–Kier alpha value is -1.11. The standard InChI is InChI=1S/C11H15ClN2O3S/c1-7(2)6-17-5-4-13-11-14-9(12)8(18-11)10(15)16-3/h1,4-6H2,2-3H3,(H,13,14). The number of rotatable bonds is 7. The zero-order valence-corrected chi connectivity index (χ0v) is 11.9. The summed E-state index contributed by atoms with van der Waals surface area (Å²) < 4.78 is 9.90. The molecule has 0 aliphatic carbocycles. The second-order valence-corrected chi connectivity index (χ2v) is 4.92. The lowest BCUT2D eigenvalue weighted by Crippen LogP contribution is -2.09. The number of aromatic nitrogens is 1. The van der Waals surface area contributed by atoms with Crippen molar-refractivity contribution in [1.29, 1.82) is 0 Å². The number of halogens is 1. The maximum atomic E-state index is 11.3. The summed E-state index contributed by atoms with van der Waals surface area (Å²) in [5, 5.41) is 3.74. The van der Waals surface area contributed by atoms with Crippen molar-refractivity contribution in [2.45, 2.75) is 6.92 Å². The minimum absolute atomic E-state index is 0.150. The fourth-order valence-electron chi connectivity index (χ4n) is 1.07. The van der Waals surface area contributed by atoms with Crippen LogP contribution in [0.5, 0.6) is 0 Å². The van der Waals surface area contributed by atoms with Crippen LogP contribution in [0, 0.1) is 0 Å². The van der Waals surface area contributed by atoms with Crippen LogP contribution in [0.2, 0.25) is 5.15 Å². The first-order valence-electron chi connectivity index (χ1n) is 5.25. The lowest BCUT2D eigenvalue weighted by atomic mass is 10.4. The van der Waals surface area contributed by atoms with E-state index in [9.17, 15) is 4.79 Å². The van der Waals surface area contributed by atoms with E-state index in [1.807, 2.05) is 6.92 Å². The molecule has 0 radical (unpaired) electrons. The Balaban J connectivity index is 2.39. The number of nitrogens with one attached hydrogen (secondary N) is 1. The van der Waals surface area contributed by atoms with E-state index in [1.165, 1.54) is 7.11 Å². The molecule has 1 aromatic rings. The van der Waals surface area contributed by atoms with Gasteiger partial charge >= 0.3 is 5.97 Å². The second kappa shape index (κ2) is 7.35. The molecular weight excluding hydrogens is 276 g/mol. The topological polar surface area (TPSA) is 60.5 Å². The van der Waals surface area contributed by atoms with Gasteiger partial charge in [-0.3, -0.25) is 0 Å². The molecule has 0 fully saturated rings. The Morgan fingerprint density at radius 2 is 2.33 bits per heavy atom. The van der Waals surface area contributed by atoms with E-state index >= 15 is 0 Å². The van der Waals surface area contributed by atoms with Crippen LogP contribution in [0.4, 0.5) is 5.13 Å². The van der Waals surface area contributed by atoms with Crippen molar-refractivity contribution in [3.05, 3.63) is 22.2 Å². The molecule has 0 spiro atoms. The molecule has 18 heavy (non-hydrogen) atoms. The van der Waals surface area contributed by atoms with Gasteiger partial charge in [-0.2, -0.15) is 0 Å². The monoisotopic (exact) mass is 290 g/mol. The lowest BCUT2D eigenvalue weighted by Gasteiger charge is -2.04. The summed E-state index contributed by atoms with van der Waals surface area (Å²) in [7, 11) is 1.30. The Morgan fingerprint density at radius 1 is 1.61 bits per heavy atom. The van der Waals surface area contributed by atoms with Crippen LogP contribution in [0.25, 0.3) is 0 Å². The van der Waals surface area contributed by atoms with Gasteiger partial charge in [-0.05, 0) is 6.92 Å². The van der Waals surface area contributed by atoms with Gasteiger partial charge in [0.2, 0.25) is 0 Å². The van der Waals surface area contributed by atoms with Crippen LogP contribution >= 0.6 is 22.9 Å². The van der Waals surface area contributed by atoms with Gasteiger partial charge in [-0.1, -0.05) is 35.1 Å². The van der Waals surface area contributed by atoms with Crippen molar-refractivity contribution in [1.82, 2.24) is 4.98 Å². The third-order valence-corrected chi connectivity index (χ3v) is 3.21. The van der Waals surface area contributed by atoms with Crippen molar-refractivity contribution in [3.8, 4) is 0 Å². The predicted molar refractivity (Wildman–Crippen MR) is 72.6 cm³/mol. The largest absolute Gasteiger partial charge is 0.465 e. The number of ether oxygens (including phenoxy) is 2. The fraction of sp³-hybridized carbons (Fsp3) is 0.455. The van der Waals surface area contributed by atoms with Gasteiger partial charge < -0.3 is 14.8 Å². The highest BCUT2D eigenvalue weighted by molar-refractivity contribution is 7.18. The molecule has 0 saturated carbocycles. The summed E-state index contributed by atoms with van der Waals surface area (Å²) in [6.45, 7) is 7.27. The smallest absolute Gasteiger partial charge is 0.351 e. The maximum Gasteiger partial charge on any atom is 0.351 e.